The first kappa shape index (κ1) is 16.8. The van der Waals surface area contributed by atoms with Gasteiger partial charge in [-0.25, -0.2) is 9.96 Å². The van der Waals surface area contributed by atoms with Crippen LogP contribution in [-0.4, -0.2) is 17.9 Å². The predicted molar refractivity (Wildman–Crippen MR) is 102 cm³/mol. The Kier molecular flexibility index (Phi) is 3.80. The molecule has 28 heavy (non-hydrogen) atoms. The molecule has 2 aliphatic rings. The van der Waals surface area contributed by atoms with Gasteiger partial charge < -0.3 is 4.42 Å². The van der Waals surface area contributed by atoms with Crippen molar-refractivity contribution in [2.24, 2.45) is 5.92 Å². The lowest BCUT2D eigenvalue weighted by Crippen LogP contribution is -2.37. The van der Waals surface area contributed by atoms with Crippen LogP contribution in [0.5, 0.6) is 0 Å². The SMILES string of the molecule is Cc1cccc(N2C(=O)[C@H]3[C@H](ON(c4ccccc4)[C@@H]3c3ccco3)C2=O)c1. The lowest BCUT2D eigenvalue weighted by atomic mass is 9.94. The topological polar surface area (TPSA) is 63.0 Å². The Labute approximate surface area is 161 Å². The van der Waals surface area contributed by atoms with E-state index in [9.17, 15) is 9.59 Å². The molecule has 2 aliphatic heterocycles. The van der Waals surface area contributed by atoms with Crippen molar-refractivity contribution in [2.45, 2.75) is 19.1 Å². The third-order valence-electron chi connectivity index (χ3n) is 5.22. The fourth-order valence-corrected chi connectivity index (χ4v) is 3.98. The minimum Gasteiger partial charge on any atom is -0.467 e. The van der Waals surface area contributed by atoms with E-state index in [4.69, 9.17) is 9.25 Å². The van der Waals surface area contributed by atoms with Crippen LogP contribution in [0.2, 0.25) is 0 Å². The van der Waals surface area contributed by atoms with Crippen LogP contribution in [0.15, 0.2) is 77.4 Å². The van der Waals surface area contributed by atoms with Crippen molar-refractivity contribution >= 4 is 23.2 Å². The largest absolute Gasteiger partial charge is 0.467 e. The number of amides is 2. The van der Waals surface area contributed by atoms with Gasteiger partial charge in [0.1, 0.15) is 17.7 Å². The number of aryl methyl sites for hydroxylation is 1. The highest BCUT2D eigenvalue weighted by Crippen LogP contribution is 2.47. The number of hydroxylamine groups is 1. The van der Waals surface area contributed by atoms with E-state index in [1.54, 1.807) is 29.5 Å². The fourth-order valence-electron chi connectivity index (χ4n) is 3.98. The molecule has 0 spiro atoms. The number of para-hydroxylation sites is 1. The highest BCUT2D eigenvalue weighted by Gasteiger charge is 2.61. The second kappa shape index (κ2) is 6.35. The van der Waals surface area contributed by atoms with Gasteiger partial charge in [0.15, 0.2) is 6.10 Å². The molecule has 1 aromatic heterocycles. The van der Waals surface area contributed by atoms with Crippen molar-refractivity contribution < 1.29 is 18.8 Å². The number of nitrogens with zero attached hydrogens (tertiary/aromatic N) is 2. The molecule has 140 valence electrons. The van der Waals surface area contributed by atoms with E-state index in [1.165, 1.54) is 4.90 Å². The average molecular weight is 374 g/mol. The van der Waals surface area contributed by atoms with Crippen molar-refractivity contribution in [3.05, 3.63) is 84.3 Å². The van der Waals surface area contributed by atoms with Crippen LogP contribution < -0.4 is 9.96 Å². The van der Waals surface area contributed by atoms with Crippen molar-refractivity contribution in [3.8, 4) is 0 Å². The van der Waals surface area contributed by atoms with Gasteiger partial charge >= 0.3 is 0 Å². The van der Waals surface area contributed by atoms with Gasteiger partial charge in [-0.1, -0.05) is 30.3 Å². The first-order chi connectivity index (χ1) is 13.6. The van der Waals surface area contributed by atoms with Gasteiger partial charge in [0.05, 0.1) is 17.6 Å². The summed E-state index contributed by atoms with van der Waals surface area (Å²) in [5.41, 5.74) is 2.31. The average Bonchev–Trinajstić information content (AvgIpc) is 3.40. The molecule has 0 aliphatic carbocycles. The molecule has 0 radical (unpaired) electrons. The molecule has 2 aromatic carbocycles. The summed E-state index contributed by atoms with van der Waals surface area (Å²) in [6.07, 6.45) is 0.675. The molecule has 0 saturated carbocycles. The molecule has 3 heterocycles. The highest BCUT2D eigenvalue weighted by atomic mass is 16.7. The molecular weight excluding hydrogens is 356 g/mol. The van der Waals surface area contributed by atoms with Gasteiger partial charge in [0.2, 0.25) is 5.91 Å². The van der Waals surface area contributed by atoms with Gasteiger partial charge in [0, 0.05) is 0 Å². The van der Waals surface area contributed by atoms with Gasteiger partial charge in [-0.3, -0.25) is 14.4 Å². The molecule has 2 fully saturated rings. The number of rotatable bonds is 3. The van der Waals surface area contributed by atoms with Crippen molar-refractivity contribution in [1.29, 1.82) is 0 Å². The predicted octanol–water partition coefficient (Wildman–Crippen LogP) is 3.64. The number of furan rings is 1. The number of benzene rings is 2. The third-order valence-corrected chi connectivity index (χ3v) is 5.22. The minimum atomic E-state index is -0.886. The molecule has 2 amide bonds. The van der Waals surface area contributed by atoms with Crippen LogP contribution in [0.25, 0.3) is 0 Å². The molecule has 2 saturated heterocycles. The molecule has 0 bridgehead atoms. The van der Waals surface area contributed by atoms with E-state index in [0.717, 1.165) is 11.3 Å². The van der Waals surface area contributed by atoms with E-state index in [1.807, 2.05) is 55.5 Å². The molecule has 3 aromatic rings. The number of hydrogen-bond donors (Lipinski definition) is 0. The Morgan fingerprint density at radius 2 is 1.64 bits per heavy atom. The van der Waals surface area contributed by atoms with Crippen LogP contribution in [0.3, 0.4) is 0 Å². The Balaban J connectivity index is 1.57. The van der Waals surface area contributed by atoms with E-state index >= 15 is 0 Å². The Morgan fingerprint density at radius 3 is 2.36 bits per heavy atom. The van der Waals surface area contributed by atoms with Crippen LogP contribution in [0.4, 0.5) is 11.4 Å². The Hall–Kier alpha value is -3.38. The van der Waals surface area contributed by atoms with E-state index < -0.39 is 18.1 Å². The molecule has 0 unspecified atom stereocenters. The van der Waals surface area contributed by atoms with Gasteiger partial charge in [-0.15, -0.1) is 0 Å². The summed E-state index contributed by atoms with van der Waals surface area (Å²) >= 11 is 0. The number of anilines is 2. The van der Waals surface area contributed by atoms with E-state index in [0.29, 0.717) is 11.4 Å². The smallest absolute Gasteiger partial charge is 0.266 e. The normalized spacial score (nSPS) is 24.1. The summed E-state index contributed by atoms with van der Waals surface area (Å²) in [5.74, 6) is -0.723. The van der Waals surface area contributed by atoms with Crippen molar-refractivity contribution in [2.75, 3.05) is 9.96 Å². The summed E-state index contributed by atoms with van der Waals surface area (Å²) in [5, 5.41) is 1.62. The zero-order chi connectivity index (χ0) is 19.3. The number of imide groups is 1. The molecular formula is C22H18N2O4. The fraction of sp³-hybridized carbons (Fsp3) is 0.182. The maximum absolute atomic E-state index is 13.3. The zero-order valence-corrected chi connectivity index (χ0v) is 15.2. The second-order valence-electron chi connectivity index (χ2n) is 7.02. The van der Waals surface area contributed by atoms with Crippen LogP contribution in [0, 0.1) is 12.8 Å². The van der Waals surface area contributed by atoms with Gasteiger partial charge in [0.25, 0.3) is 5.91 Å². The zero-order valence-electron chi connectivity index (χ0n) is 15.2. The van der Waals surface area contributed by atoms with Gasteiger partial charge in [-0.2, -0.15) is 0 Å². The van der Waals surface area contributed by atoms with Crippen LogP contribution in [0.1, 0.15) is 17.4 Å². The summed E-state index contributed by atoms with van der Waals surface area (Å²) in [6.45, 7) is 1.93. The summed E-state index contributed by atoms with van der Waals surface area (Å²) < 4.78 is 5.62. The number of carbonyl (C=O) groups excluding carboxylic acids is 2. The molecule has 6 heteroatoms. The maximum atomic E-state index is 13.3. The summed E-state index contributed by atoms with van der Waals surface area (Å²) in [7, 11) is 0. The van der Waals surface area contributed by atoms with Crippen molar-refractivity contribution in [1.82, 2.24) is 0 Å². The lowest BCUT2D eigenvalue weighted by molar-refractivity contribution is -0.126. The number of hydrogen-bond acceptors (Lipinski definition) is 5. The second-order valence-corrected chi connectivity index (χ2v) is 7.02. The van der Waals surface area contributed by atoms with E-state index in [2.05, 4.69) is 0 Å². The highest BCUT2D eigenvalue weighted by molar-refractivity contribution is 6.23. The van der Waals surface area contributed by atoms with Gasteiger partial charge in [-0.05, 0) is 48.9 Å². The van der Waals surface area contributed by atoms with Crippen molar-refractivity contribution in [3.63, 3.8) is 0 Å². The third kappa shape index (κ3) is 2.46. The lowest BCUT2D eigenvalue weighted by Gasteiger charge is -2.27. The Bertz CT molecular complexity index is 1030. The quantitative estimate of drug-likeness (QED) is 0.655. The molecule has 3 atom stereocenters. The monoisotopic (exact) mass is 374 g/mol. The Morgan fingerprint density at radius 1 is 0.857 bits per heavy atom. The van der Waals surface area contributed by atoms with Crippen LogP contribution in [-0.2, 0) is 14.4 Å². The van der Waals surface area contributed by atoms with Crippen LogP contribution >= 0.6 is 0 Å². The van der Waals surface area contributed by atoms with E-state index in [-0.39, 0.29) is 11.8 Å². The number of carbonyl (C=O) groups is 2. The summed E-state index contributed by atoms with van der Waals surface area (Å²) in [6, 6.07) is 19.8. The maximum Gasteiger partial charge on any atom is 0.266 e. The first-order valence-corrected chi connectivity index (χ1v) is 9.14. The first-order valence-electron chi connectivity index (χ1n) is 9.14. The minimum absolute atomic E-state index is 0.277. The molecule has 0 N–H and O–H groups in total. The number of fused-ring (bicyclic) bond motifs is 1. The summed E-state index contributed by atoms with van der Waals surface area (Å²) in [4.78, 5) is 33.7. The standard InChI is InChI=1S/C22H18N2O4/c1-14-7-5-10-16(13-14)23-21(25)18-19(17-11-6-12-27-17)24(28-20(18)22(23)26)15-8-3-2-4-9-15/h2-13,18-20H,1H3/t18-,19-,20+/m1/s1. The molecule has 5 rings (SSSR count). The molecule has 6 nitrogen and oxygen atoms in total.